The Kier molecular flexibility index (Phi) is 4.90. The zero-order chi connectivity index (χ0) is 10.7. The molecule has 2 rings (SSSR count). The number of hydrogen-bond donors (Lipinski definition) is 1. The molecule has 0 atom stereocenters. The first-order chi connectivity index (χ1) is 7.27. The fourth-order valence-corrected chi connectivity index (χ4v) is 1.60. The predicted octanol–water partition coefficient (Wildman–Crippen LogP) is 2.45. The summed E-state index contributed by atoms with van der Waals surface area (Å²) in [6, 6.07) is 5.65. The van der Waals surface area contributed by atoms with Crippen LogP contribution in [0.1, 0.15) is 5.56 Å². The molecule has 0 bridgehead atoms. The van der Waals surface area contributed by atoms with E-state index in [2.05, 4.69) is 10.3 Å². The minimum absolute atomic E-state index is 0. The van der Waals surface area contributed by atoms with Crippen LogP contribution in [0.5, 0.6) is 5.75 Å². The average Bonchev–Trinajstić information content (AvgIpc) is 2.73. The molecule has 0 saturated heterocycles. The van der Waals surface area contributed by atoms with Gasteiger partial charge in [0.15, 0.2) is 0 Å². The molecule has 1 aromatic carbocycles. The Morgan fingerprint density at radius 3 is 3.00 bits per heavy atom. The van der Waals surface area contributed by atoms with Crippen LogP contribution in [-0.4, -0.2) is 25.5 Å². The Bertz CT molecular complexity index is 394. The van der Waals surface area contributed by atoms with Crippen molar-refractivity contribution < 1.29 is 4.74 Å². The molecule has 0 fully saturated rings. The van der Waals surface area contributed by atoms with E-state index in [0.29, 0.717) is 6.61 Å². The second-order valence-corrected chi connectivity index (χ2v) is 3.81. The number of nitrogens with one attached hydrogen (secondary N) is 1. The molecule has 0 unspecified atom stereocenters. The zero-order valence-electron chi connectivity index (χ0n) is 9.00. The van der Waals surface area contributed by atoms with Crippen LogP contribution in [0.25, 0.3) is 0 Å². The van der Waals surface area contributed by atoms with Gasteiger partial charge in [-0.15, -0.1) is 12.4 Å². The first kappa shape index (κ1) is 13.1. The molecule has 1 heterocycles. The Hall–Kier alpha value is -0.930. The van der Waals surface area contributed by atoms with Crippen molar-refractivity contribution in [2.75, 3.05) is 19.7 Å². The summed E-state index contributed by atoms with van der Waals surface area (Å²) in [4.78, 5) is 4.25. The van der Waals surface area contributed by atoms with E-state index in [-0.39, 0.29) is 12.4 Å². The molecule has 1 aromatic rings. The molecule has 1 aliphatic rings. The summed E-state index contributed by atoms with van der Waals surface area (Å²) in [5.41, 5.74) is 0.970. The van der Waals surface area contributed by atoms with Crippen LogP contribution in [-0.2, 0) is 0 Å². The highest BCUT2D eigenvalue weighted by Gasteiger charge is 2.07. The number of rotatable bonds is 3. The third kappa shape index (κ3) is 3.03. The number of ether oxygens (including phenoxy) is 1. The Balaban J connectivity index is 0.00000128. The minimum Gasteiger partial charge on any atom is -0.485 e. The summed E-state index contributed by atoms with van der Waals surface area (Å²) in [5, 5.41) is 3.88. The van der Waals surface area contributed by atoms with Crippen LogP contribution in [0.4, 0.5) is 0 Å². The van der Waals surface area contributed by atoms with E-state index in [1.165, 1.54) is 0 Å². The van der Waals surface area contributed by atoms with E-state index in [1.807, 2.05) is 25.1 Å². The van der Waals surface area contributed by atoms with Gasteiger partial charge in [-0.1, -0.05) is 17.7 Å². The van der Waals surface area contributed by atoms with Crippen molar-refractivity contribution >= 4 is 29.8 Å². The van der Waals surface area contributed by atoms with Crippen molar-refractivity contribution in [3.8, 4) is 5.75 Å². The number of nitrogens with zero attached hydrogens (tertiary/aromatic N) is 1. The highest BCUT2D eigenvalue weighted by Crippen LogP contribution is 2.24. The van der Waals surface area contributed by atoms with Crippen molar-refractivity contribution in [3.05, 3.63) is 28.8 Å². The Morgan fingerprint density at radius 2 is 2.31 bits per heavy atom. The van der Waals surface area contributed by atoms with E-state index in [9.17, 15) is 0 Å². The molecule has 1 aliphatic heterocycles. The van der Waals surface area contributed by atoms with Gasteiger partial charge >= 0.3 is 0 Å². The van der Waals surface area contributed by atoms with Crippen molar-refractivity contribution in [1.29, 1.82) is 0 Å². The first-order valence-corrected chi connectivity index (χ1v) is 5.30. The van der Waals surface area contributed by atoms with Gasteiger partial charge in [0.25, 0.3) is 0 Å². The van der Waals surface area contributed by atoms with Crippen LogP contribution < -0.4 is 10.1 Å². The maximum absolute atomic E-state index is 5.98. The quantitative estimate of drug-likeness (QED) is 0.906. The van der Waals surface area contributed by atoms with Gasteiger partial charge in [0.1, 0.15) is 18.2 Å². The van der Waals surface area contributed by atoms with Crippen molar-refractivity contribution in [1.82, 2.24) is 5.32 Å². The number of aliphatic imine (C=N–C) groups is 1. The van der Waals surface area contributed by atoms with E-state index >= 15 is 0 Å². The minimum atomic E-state index is 0. The molecule has 1 N–H and O–H groups in total. The van der Waals surface area contributed by atoms with Crippen LogP contribution >= 0.6 is 24.0 Å². The summed E-state index contributed by atoms with van der Waals surface area (Å²) >= 11 is 5.98. The Morgan fingerprint density at radius 1 is 1.50 bits per heavy atom. The van der Waals surface area contributed by atoms with Crippen LogP contribution in [0.2, 0.25) is 5.02 Å². The first-order valence-electron chi connectivity index (χ1n) is 4.92. The van der Waals surface area contributed by atoms with Crippen LogP contribution in [0.15, 0.2) is 23.2 Å². The van der Waals surface area contributed by atoms with E-state index in [4.69, 9.17) is 16.3 Å². The summed E-state index contributed by atoms with van der Waals surface area (Å²) in [6.07, 6.45) is 0. The Labute approximate surface area is 106 Å². The number of benzene rings is 1. The van der Waals surface area contributed by atoms with E-state index in [1.54, 1.807) is 0 Å². The number of amidine groups is 1. The zero-order valence-corrected chi connectivity index (χ0v) is 10.6. The molecule has 0 aliphatic carbocycles. The summed E-state index contributed by atoms with van der Waals surface area (Å²) in [7, 11) is 0. The standard InChI is InChI=1S/C11H13ClN2O.ClH/c1-8-9(12)3-2-4-10(8)15-7-11-13-5-6-14-11;/h2-4H,5-7H2,1H3,(H,13,14);1H. The molecule has 3 nitrogen and oxygen atoms in total. The largest absolute Gasteiger partial charge is 0.485 e. The lowest BCUT2D eigenvalue weighted by Crippen LogP contribution is -2.25. The summed E-state index contributed by atoms with van der Waals surface area (Å²) in [6.45, 7) is 4.18. The maximum atomic E-state index is 5.98. The molecular weight excluding hydrogens is 247 g/mol. The van der Waals surface area contributed by atoms with Gasteiger partial charge in [0.05, 0.1) is 6.54 Å². The van der Waals surface area contributed by atoms with Crippen molar-refractivity contribution in [2.24, 2.45) is 4.99 Å². The smallest absolute Gasteiger partial charge is 0.145 e. The topological polar surface area (TPSA) is 33.6 Å². The molecule has 0 aromatic heterocycles. The van der Waals surface area contributed by atoms with Crippen molar-refractivity contribution in [2.45, 2.75) is 6.92 Å². The van der Waals surface area contributed by atoms with Crippen LogP contribution in [0.3, 0.4) is 0 Å². The summed E-state index contributed by atoms with van der Waals surface area (Å²) in [5.74, 6) is 1.73. The van der Waals surface area contributed by atoms with Gasteiger partial charge in [0, 0.05) is 17.1 Å². The lowest BCUT2D eigenvalue weighted by molar-refractivity contribution is 0.371. The monoisotopic (exact) mass is 260 g/mol. The van der Waals surface area contributed by atoms with E-state index in [0.717, 1.165) is 35.3 Å². The summed E-state index contributed by atoms with van der Waals surface area (Å²) < 4.78 is 5.62. The lowest BCUT2D eigenvalue weighted by atomic mass is 10.2. The lowest BCUT2D eigenvalue weighted by Gasteiger charge is -2.09. The second kappa shape index (κ2) is 5.97. The highest BCUT2D eigenvalue weighted by molar-refractivity contribution is 6.31. The van der Waals surface area contributed by atoms with Gasteiger partial charge in [-0.2, -0.15) is 0 Å². The van der Waals surface area contributed by atoms with Crippen LogP contribution in [0, 0.1) is 6.92 Å². The molecule has 0 spiro atoms. The van der Waals surface area contributed by atoms with Crippen molar-refractivity contribution in [3.63, 3.8) is 0 Å². The molecule has 16 heavy (non-hydrogen) atoms. The average molecular weight is 261 g/mol. The second-order valence-electron chi connectivity index (χ2n) is 3.41. The van der Waals surface area contributed by atoms with Gasteiger partial charge in [-0.25, -0.2) is 0 Å². The fourth-order valence-electron chi connectivity index (χ4n) is 1.43. The van der Waals surface area contributed by atoms with Gasteiger partial charge in [-0.3, -0.25) is 4.99 Å². The fraction of sp³-hybridized carbons (Fsp3) is 0.364. The third-order valence-corrected chi connectivity index (χ3v) is 2.74. The molecular formula is C11H14Cl2N2O. The van der Waals surface area contributed by atoms with Gasteiger partial charge in [-0.05, 0) is 19.1 Å². The predicted molar refractivity (Wildman–Crippen MR) is 69.2 cm³/mol. The highest BCUT2D eigenvalue weighted by atomic mass is 35.5. The SMILES string of the molecule is Cc1c(Cl)cccc1OCC1=NCCN1.Cl. The maximum Gasteiger partial charge on any atom is 0.145 e. The van der Waals surface area contributed by atoms with Gasteiger partial charge < -0.3 is 10.1 Å². The molecule has 88 valence electrons. The molecule has 5 heteroatoms. The molecule has 0 amide bonds. The number of halogens is 2. The molecule has 0 saturated carbocycles. The normalized spacial score (nSPS) is 13.8. The number of hydrogen-bond acceptors (Lipinski definition) is 3. The molecule has 0 radical (unpaired) electrons. The van der Waals surface area contributed by atoms with Gasteiger partial charge in [0.2, 0.25) is 0 Å². The van der Waals surface area contributed by atoms with E-state index < -0.39 is 0 Å². The third-order valence-electron chi connectivity index (χ3n) is 2.33.